The van der Waals surface area contributed by atoms with Crippen LogP contribution in [0.3, 0.4) is 0 Å². The van der Waals surface area contributed by atoms with Gasteiger partial charge in [-0.05, 0) is 50.1 Å². The third kappa shape index (κ3) is 4.87. The van der Waals surface area contributed by atoms with E-state index < -0.39 is 17.7 Å². The van der Waals surface area contributed by atoms with Gasteiger partial charge in [0.25, 0.3) is 5.78 Å². The Morgan fingerprint density at radius 1 is 1.10 bits per heavy atom. The van der Waals surface area contributed by atoms with Crippen molar-refractivity contribution in [1.29, 1.82) is 0 Å². The Kier molecular flexibility index (Phi) is 7.65. The van der Waals surface area contributed by atoms with Crippen molar-refractivity contribution in [2.75, 3.05) is 18.1 Å². The van der Waals surface area contributed by atoms with Crippen LogP contribution in [0.5, 0.6) is 11.5 Å². The van der Waals surface area contributed by atoms with Gasteiger partial charge in [0.2, 0.25) is 0 Å². The molecular weight excluding hydrogens is 516 g/mol. The normalized spacial score (nSPS) is 16.8. The van der Waals surface area contributed by atoms with Gasteiger partial charge < -0.3 is 14.6 Å². The van der Waals surface area contributed by atoms with Crippen LogP contribution in [0.4, 0.5) is 5.13 Å². The van der Waals surface area contributed by atoms with Crippen molar-refractivity contribution < 1.29 is 24.2 Å². The maximum Gasteiger partial charge on any atom is 0.301 e. The number of hydrogen-bond acceptors (Lipinski definition) is 8. The average Bonchev–Trinajstić information content (AvgIpc) is 3.64. The Balaban J connectivity index is 1.67. The van der Waals surface area contributed by atoms with Gasteiger partial charge in [0.1, 0.15) is 11.3 Å². The minimum absolute atomic E-state index is 0.0389. The number of aliphatic hydroxyl groups excluding tert-OH is 1. The number of benzene rings is 1. The number of unbranched alkanes of at least 4 members (excludes halogenated alkanes) is 2. The molecule has 4 heterocycles. The summed E-state index contributed by atoms with van der Waals surface area (Å²) < 4.78 is 13.6. The molecule has 4 aromatic rings. The van der Waals surface area contributed by atoms with Gasteiger partial charge in [-0.25, -0.2) is 9.97 Å². The fourth-order valence-electron chi connectivity index (χ4n) is 4.82. The Morgan fingerprint density at radius 2 is 1.95 bits per heavy atom. The van der Waals surface area contributed by atoms with E-state index >= 15 is 0 Å². The van der Waals surface area contributed by atoms with Crippen LogP contribution < -0.4 is 14.4 Å². The number of amides is 1. The minimum Gasteiger partial charge on any atom is -0.505 e. The largest absolute Gasteiger partial charge is 0.505 e. The highest BCUT2D eigenvalue weighted by Crippen LogP contribution is 2.45. The van der Waals surface area contributed by atoms with Gasteiger partial charge >= 0.3 is 5.91 Å². The molecule has 0 aliphatic carbocycles. The Hall–Kier alpha value is -4.18. The van der Waals surface area contributed by atoms with Crippen molar-refractivity contribution in [3.05, 3.63) is 76.7 Å². The van der Waals surface area contributed by atoms with Crippen LogP contribution in [0.15, 0.2) is 59.7 Å². The maximum absolute atomic E-state index is 13.5. The lowest BCUT2D eigenvalue weighted by Gasteiger charge is -2.24. The van der Waals surface area contributed by atoms with Crippen LogP contribution in [-0.4, -0.2) is 44.4 Å². The summed E-state index contributed by atoms with van der Waals surface area (Å²) in [5.74, 6) is -0.772. The molecule has 1 atom stereocenters. The molecule has 0 spiro atoms. The minimum atomic E-state index is -0.932. The van der Waals surface area contributed by atoms with Gasteiger partial charge in [0, 0.05) is 17.8 Å². The highest BCUT2D eigenvalue weighted by molar-refractivity contribution is 7.14. The lowest BCUT2D eigenvalue weighted by Crippen LogP contribution is -2.29. The molecule has 1 N–H and O–H groups in total. The Morgan fingerprint density at radius 3 is 2.69 bits per heavy atom. The van der Waals surface area contributed by atoms with Crippen LogP contribution in [0, 0.1) is 6.92 Å². The van der Waals surface area contributed by atoms with E-state index in [4.69, 9.17) is 9.47 Å². The number of carbonyl (C=O) groups is 2. The molecule has 0 radical (unpaired) electrons. The van der Waals surface area contributed by atoms with Gasteiger partial charge in [0.05, 0.1) is 30.5 Å². The number of pyridine rings is 1. The van der Waals surface area contributed by atoms with Gasteiger partial charge in [-0.15, -0.1) is 11.3 Å². The summed E-state index contributed by atoms with van der Waals surface area (Å²) in [5, 5.41) is 13.8. The molecule has 0 bridgehead atoms. The smallest absolute Gasteiger partial charge is 0.301 e. The van der Waals surface area contributed by atoms with E-state index in [2.05, 4.69) is 16.9 Å². The number of nitrogens with zero attached hydrogens (tertiary/aromatic N) is 4. The van der Waals surface area contributed by atoms with Crippen LogP contribution in [0.1, 0.15) is 56.1 Å². The van der Waals surface area contributed by atoms with E-state index in [1.165, 1.54) is 16.2 Å². The predicted molar refractivity (Wildman–Crippen MR) is 149 cm³/mol. The van der Waals surface area contributed by atoms with Crippen LogP contribution in [-0.2, 0) is 9.59 Å². The number of imidazole rings is 1. The predicted octanol–water partition coefficient (Wildman–Crippen LogP) is 5.69. The fourth-order valence-corrected chi connectivity index (χ4v) is 5.49. The molecule has 9 nitrogen and oxygen atoms in total. The SMILES string of the molecule is CCCCCOc1ccc(C2/C(=C(\O)c3c(C)nc4ccccn34)C(=O)C(=O)N2c2nccs2)cc1OCC. The Labute approximate surface area is 230 Å². The van der Waals surface area contributed by atoms with Crippen LogP contribution in [0.25, 0.3) is 11.4 Å². The van der Waals surface area contributed by atoms with E-state index in [0.29, 0.717) is 52.4 Å². The first-order valence-corrected chi connectivity index (χ1v) is 13.9. The molecule has 1 aromatic carbocycles. The van der Waals surface area contributed by atoms with Gasteiger partial charge in [-0.3, -0.25) is 18.9 Å². The van der Waals surface area contributed by atoms with Crippen molar-refractivity contribution >= 4 is 39.6 Å². The summed E-state index contributed by atoms with van der Waals surface area (Å²) in [7, 11) is 0. The number of carbonyl (C=O) groups excluding carboxylic acids is 2. The van der Waals surface area contributed by atoms with Crippen LogP contribution >= 0.6 is 11.3 Å². The van der Waals surface area contributed by atoms with E-state index in [1.54, 1.807) is 47.3 Å². The lowest BCUT2D eigenvalue weighted by molar-refractivity contribution is -0.132. The molecule has 39 heavy (non-hydrogen) atoms. The molecule has 1 aliphatic heterocycles. The molecular formula is C29H30N4O5S. The highest BCUT2D eigenvalue weighted by atomic mass is 32.1. The molecule has 1 saturated heterocycles. The molecule has 202 valence electrons. The number of anilines is 1. The second-order valence-electron chi connectivity index (χ2n) is 9.15. The summed E-state index contributed by atoms with van der Waals surface area (Å²) in [6.07, 6.45) is 6.40. The molecule has 1 aliphatic rings. The molecule has 0 saturated carbocycles. The van der Waals surface area contributed by atoms with E-state index in [-0.39, 0.29) is 11.3 Å². The third-order valence-corrected chi connectivity index (χ3v) is 7.36. The summed E-state index contributed by atoms with van der Waals surface area (Å²) in [5.41, 5.74) is 2.05. The summed E-state index contributed by atoms with van der Waals surface area (Å²) in [6.45, 7) is 6.73. The standard InChI is InChI=1S/C29H30N4O5S/c1-4-6-9-15-38-20-12-11-19(17-21(20)37-5-2)25-23(27(35)28(36)33(25)29-30-13-16-39-29)26(34)24-18(3)31-22-10-7-8-14-32(22)24/h7-8,10-14,16-17,25,34H,4-6,9,15H2,1-3H3/b26-23+. The first kappa shape index (κ1) is 26.4. The first-order chi connectivity index (χ1) is 19.0. The number of ketones is 1. The third-order valence-electron chi connectivity index (χ3n) is 6.59. The number of aryl methyl sites for hydroxylation is 1. The lowest BCUT2D eigenvalue weighted by atomic mass is 9.96. The molecule has 3 aromatic heterocycles. The second kappa shape index (κ2) is 11.3. The topological polar surface area (TPSA) is 106 Å². The molecule has 10 heteroatoms. The van der Waals surface area contributed by atoms with E-state index in [0.717, 1.165) is 19.3 Å². The number of thiazole rings is 1. The Bertz CT molecular complexity index is 1540. The fraction of sp³-hybridized carbons (Fsp3) is 0.310. The second-order valence-corrected chi connectivity index (χ2v) is 10.0. The van der Waals surface area contributed by atoms with Crippen molar-refractivity contribution in [2.24, 2.45) is 0 Å². The number of ether oxygens (including phenoxy) is 2. The van der Waals surface area contributed by atoms with Gasteiger partial charge in [-0.2, -0.15) is 0 Å². The van der Waals surface area contributed by atoms with Crippen molar-refractivity contribution in [3.8, 4) is 11.5 Å². The summed E-state index contributed by atoms with van der Waals surface area (Å²) in [6, 6.07) is 9.88. The van der Waals surface area contributed by atoms with Crippen molar-refractivity contribution in [1.82, 2.24) is 14.4 Å². The molecule has 1 unspecified atom stereocenters. The summed E-state index contributed by atoms with van der Waals surface area (Å²) in [4.78, 5) is 37.1. The van der Waals surface area contributed by atoms with Gasteiger partial charge in [-0.1, -0.05) is 31.9 Å². The van der Waals surface area contributed by atoms with E-state index in [1.807, 2.05) is 25.1 Å². The first-order valence-electron chi connectivity index (χ1n) is 13.0. The zero-order chi connectivity index (χ0) is 27.5. The zero-order valence-electron chi connectivity index (χ0n) is 22.1. The number of Topliss-reactive ketones (excluding diaryl/α,β-unsaturated/α-hetero) is 1. The van der Waals surface area contributed by atoms with E-state index in [9.17, 15) is 14.7 Å². The van der Waals surface area contributed by atoms with Crippen molar-refractivity contribution in [3.63, 3.8) is 0 Å². The van der Waals surface area contributed by atoms with Crippen molar-refractivity contribution in [2.45, 2.75) is 46.1 Å². The maximum atomic E-state index is 13.5. The zero-order valence-corrected chi connectivity index (χ0v) is 22.9. The molecule has 5 rings (SSSR count). The molecule has 1 amide bonds. The number of aromatic nitrogens is 3. The van der Waals surface area contributed by atoms with Gasteiger partial charge in [0.15, 0.2) is 22.4 Å². The number of rotatable bonds is 10. The number of fused-ring (bicyclic) bond motifs is 1. The number of hydrogen-bond donors (Lipinski definition) is 1. The van der Waals surface area contributed by atoms with Crippen LogP contribution in [0.2, 0.25) is 0 Å². The highest BCUT2D eigenvalue weighted by Gasteiger charge is 2.48. The average molecular weight is 547 g/mol. The molecule has 1 fully saturated rings. The monoisotopic (exact) mass is 546 g/mol. The number of aliphatic hydroxyl groups is 1. The quantitative estimate of drug-likeness (QED) is 0.118. The summed E-state index contributed by atoms with van der Waals surface area (Å²) >= 11 is 1.24.